The molecule has 0 spiro atoms. The predicted molar refractivity (Wildman–Crippen MR) is 82.3 cm³/mol. The van der Waals surface area contributed by atoms with Crippen molar-refractivity contribution < 1.29 is 9.47 Å². The quantitative estimate of drug-likeness (QED) is 0.776. The van der Waals surface area contributed by atoms with Crippen molar-refractivity contribution in [3.63, 3.8) is 0 Å². The Bertz CT molecular complexity index is 441. The lowest BCUT2D eigenvalue weighted by atomic mass is 10.0. The van der Waals surface area contributed by atoms with Gasteiger partial charge in [-0.25, -0.2) is 0 Å². The zero-order valence-corrected chi connectivity index (χ0v) is 13.2. The maximum atomic E-state index is 6.07. The van der Waals surface area contributed by atoms with E-state index >= 15 is 0 Å². The molecule has 1 aliphatic heterocycles. The third-order valence-electron chi connectivity index (χ3n) is 3.44. The summed E-state index contributed by atoms with van der Waals surface area (Å²) in [6.45, 7) is 11.1. The fraction of sp³-hybridized carbons (Fsp3) is 0.647. The lowest BCUT2D eigenvalue weighted by Crippen LogP contribution is -2.25. The third kappa shape index (κ3) is 4.22. The molecule has 1 aromatic carbocycles. The van der Waals surface area contributed by atoms with Crippen LogP contribution in [0, 0.1) is 0 Å². The molecule has 3 heteroatoms. The fourth-order valence-corrected chi connectivity index (χ4v) is 2.56. The van der Waals surface area contributed by atoms with Crippen LogP contribution >= 0.6 is 0 Å². The third-order valence-corrected chi connectivity index (χ3v) is 3.44. The zero-order chi connectivity index (χ0) is 14.6. The lowest BCUT2D eigenvalue weighted by molar-refractivity contribution is 0.0770. The largest absolute Gasteiger partial charge is 0.487 e. The Kier molecular flexibility index (Phi) is 5.06. The van der Waals surface area contributed by atoms with Crippen molar-refractivity contribution >= 4 is 0 Å². The topological polar surface area (TPSA) is 30.5 Å². The van der Waals surface area contributed by atoms with Gasteiger partial charge >= 0.3 is 0 Å². The minimum atomic E-state index is -0.0659. The number of ether oxygens (including phenoxy) is 2. The van der Waals surface area contributed by atoms with Crippen LogP contribution in [-0.4, -0.2) is 24.9 Å². The van der Waals surface area contributed by atoms with Crippen LogP contribution in [0.3, 0.4) is 0 Å². The molecule has 0 bridgehead atoms. The number of rotatable bonds is 7. The van der Waals surface area contributed by atoms with Crippen molar-refractivity contribution in [2.75, 3.05) is 13.2 Å². The normalized spacial score (nSPS) is 16.2. The standard InChI is InChI=1S/C17H27NO2/c1-13(2)19-10-6-9-18-12-15-8-5-7-14-11-17(3,4)20-16(14)15/h5,7-8,13,18H,6,9-12H2,1-4H3. The van der Waals surface area contributed by atoms with E-state index in [4.69, 9.17) is 9.47 Å². The summed E-state index contributed by atoms with van der Waals surface area (Å²) < 4.78 is 11.6. The Morgan fingerprint density at radius 3 is 2.90 bits per heavy atom. The molecule has 0 radical (unpaired) electrons. The highest BCUT2D eigenvalue weighted by Crippen LogP contribution is 2.37. The second-order valence-electron chi connectivity index (χ2n) is 6.39. The minimum absolute atomic E-state index is 0.0659. The van der Waals surface area contributed by atoms with E-state index < -0.39 is 0 Å². The molecule has 1 aliphatic rings. The zero-order valence-electron chi connectivity index (χ0n) is 13.2. The first-order chi connectivity index (χ1) is 9.48. The van der Waals surface area contributed by atoms with Gasteiger partial charge in [0.2, 0.25) is 0 Å². The summed E-state index contributed by atoms with van der Waals surface area (Å²) in [6, 6.07) is 6.45. The van der Waals surface area contributed by atoms with Gasteiger partial charge in [0.05, 0.1) is 6.10 Å². The van der Waals surface area contributed by atoms with E-state index in [1.54, 1.807) is 0 Å². The summed E-state index contributed by atoms with van der Waals surface area (Å²) in [5, 5.41) is 3.47. The summed E-state index contributed by atoms with van der Waals surface area (Å²) in [7, 11) is 0. The smallest absolute Gasteiger partial charge is 0.127 e. The van der Waals surface area contributed by atoms with Gasteiger partial charge in [0.15, 0.2) is 0 Å². The second kappa shape index (κ2) is 6.59. The van der Waals surface area contributed by atoms with E-state index in [2.05, 4.69) is 51.2 Å². The predicted octanol–water partition coefficient (Wildman–Crippen LogP) is 3.30. The molecule has 2 rings (SSSR count). The van der Waals surface area contributed by atoms with Gasteiger partial charge in [-0.05, 0) is 46.2 Å². The van der Waals surface area contributed by atoms with E-state index in [0.717, 1.165) is 38.3 Å². The first kappa shape index (κ1) is 15.3. The molecule has 0 saturated heterocycles. The highest BCUT2D eigenvalue weighted by molar-refractivity contribution is 5.45. The number of fused-ring (bicyclic) bond motifs is 1. The van der Waals surface area contributed by atoms with Crippen LogP contribution in [0.15, 0.2) is 18.2 Å². The number of hydrogen-bond donors (Lipinski definition) is 1. The Balaban J connectivity index is 1.79. The van der Waals surface area contributed by atoms with Crippen LogP contribution in [0.2, 0.25) is 0 Å². The second-order valence-corrected chi connectivity index (χ2v) is 6.39. The number of nitrogens with one attached hydrogen (secondary N) is 1. The first-order valence-corrected chi connectivity index (χ1v) is 7.60. The van der Waals surface area contributed by atoms with Gasteiger partial charge in [-0.2, -0.15) is 0 Å². The average Bonchev–Trinajstić information content (AvgIpc) is 2.67. The summed E-state index contributed by atoms with van der Waals surface area (Å²) in [5.41, 5.74) is 2.53. The van der Waals surface area contributed by atoms with Crippen LogP contribution < -0.4 is 10.1 Å². The van der Waals surface area contributed by atoms with Gasteiger partial charge in [-0.1, -0.05) is 18.2 Å². The monoisotopic (exact) mass is 277 g/mol. The average molecular weight is 277 g/mol. The van der Waals surface area contributed by atoms with Gasteiger partial charge in [-0.15, -0.1) is 0 Å². The minimum Gasteiger partial charge on any atom is -0.487 e. The van der Waals surface area contributed by atoms with Gasteiger partial charge in [0.25, 0.3) is 0 Å². The molecule has 1 N–H and O–H groups in total. The molecule has 0 saturated carbocycles. The maximum Gasteiger partial charge on any atom is 0.127 e. The molecular formula is C17H27NO2. The van der Waals surface area contributed by atoms with E-state index in [-0.39, 0.29) is 5.60 Å². The van der Waals surface area contributed by atoms with Crippen LogP contribution in [0.25, 0.3) is 0 Å². The Labute approximate surface area is 122 Å². The van der Waals surface area contributed by atoms with E-state index in [0.29, 0.717) is 6.10 Å². The SMILES string of the molecule is CC(C)OCCCNCc1cccc2c1OC(C)(C)C2. The Morgan fingerprint density at radius 1 is 1.35 bits per heavy atom. The highest BCUT2D eigenvalue weighted by Gasteiger charge is 2.31. The van der Waals surface area contributed by atoms with Gasteiger partial charge in [0.1, 0.15) is 11.4 Å². The van der Waals surface area contributed by atoms with Crippen LogP contribution in [0.1, 0.15) is 45.2 Å². The van der Waals surface area contributed by atoms with Crippen LogP contribution in [0.4, 0.5) is 0 Å². The summed E-state index contributed by atoms with van der Waals surface area (Å²) in [5.74, 6) is 1.09. The molecule has 0 aromatic heterocycles. The molecule has 0 fully saturated rings. The van der Waals surface area contributed by atoms with Gasteiger partial charge in [-0.3, -0.25) is 0 Å². The molecule has 1 heterocycles. The Hall–Kier alpha value is -1.06. The summed E-state index contributed by atoms with van der Waals surface area (Å²) in [4.78, 5) is 0. The highest BCUT2D eigenvalue weighted by atomic mass is 16.5. The molecular weight excluding hydrogens is 250 g/mol. The van der Waals surface area contributed by atoms with Crippen molar-refractivity contribution in [2.45, 2.75) is 58.8 Å². The van der Waals surface area contributed by atoms with Crippen molar-refractivity contribution in [3.05, 3.63) is 29.3 Å². The molecule has 0 atom stereocenters. The van der Waals surface area contributed by atoms with E-state index in [9.17, 15) is 0 Å². The summed E-state index contributed by atoms with van der Waals surface area (Å²) in [6.07, 6.45) is 2.36. The number of hydrogen-bond acceptors (Lipinski definition) is 3. The van der Waals surface area contributed by atoms with Crippen LogP contribution in [0.5, 0.6) is 5.75 Å². The molecule has 0 amide bonds. The molecule has 0 unspecified atom stereocenters. The van der Waals surface area contributed by atoms with Gasteiger partial charge in [0, 0.05) is 25.1 Å². The lowest BCUT2D eigenvalue weighted by Gasteiger charge is -2.18. The first-order valence-electron chi connectivity index (χ1n) is 7.60. The molecule has 1 aromatic rings. The fourth-order valence-electron chi connectivity index (χ4n) is 2.56. The molecule has 0 aliphatic carbocycles. The van der Waals surface area contributed by atoms with Crippen LogP contribution in [-0.2, 0) is 17.7 Å². The molecule has 20 heavy (non-hydrogen) atoms. The van der Waals surface area contributed by atoms with E-state index in [1.807, 2.05) is 0 Å². The van der Waals surface area contributed by atoms with Crippen molar-refractivity contribution in [2.24, 2.45) is 0 Å². The van der Waals surface area contributed by atoms with Gasteiger partial charge < -0.3 is 14.8 Å². The van der Waals surface area contributed by atoms with Crippen molar-refractivity contribution in [1.82, 2.24) is 5.32 Å². The van der Waals surface area contributed by atoms with E-state index in [1.165, 1.54) is 11.1 Å². The van der Waals surface area contributed by atoms with Crippen molar-refractivity contribution in [3.8, 4) is 5.75 Å². The Morgan fingerprint density at radius 2 is 2.15 bits per heavy atom. The molecule has 3 nitrogen and oxygen atoms in total. The summed E-state index contributed by atoms with van der Waals surface area (Å²) >= 11 is 0. The number of benzene rings is 1. The maximum absolute atomic E-state index is 6.07. The molecule has 112 valence electrons. The number of para-hydroxylation sites is 1. The van der Waals surface area contributed by atoms with Crippen molar-refractivity contribution in [1.29, 1.82) is 0 Å².